The topological polar surface area (TPSA) is 61.4 Å². The minimum atomic E-state index is 0.658. The number of aryl methyl sites for hydroxylation is 4. The zero-order valence-electron chi connectivity index (χ0n) is 9.68. The molecule has 0 aliphatic rings. The van der Waals surface area contributed by atoms with Crippen molar-refractivity contribution in [1.29, 1.82) is 0 Å². The van der Waals surface area contributed by atoms with E-state index in [4.69, 9.17) is 0 Å². The molecule has 0 N–H and O–H groups in total. The average molecular weight is 216 g/mol. The van der Waals surface area contributed by atoms with E-state index in [0.717, 1.165) is 22.9 Å². The van der Waals surface area contributed by atoms with E-state index in [-0.39, 0.29) is 0 Å². The summed E-state index contributed by atoms with van der Waals surface area (Å²) in [5, 5.41) is 0. The maximum atomic E-state index is 4.56. The molecule has 0 aliphatic heterocycles. The van der Waals surface area contributed by atoms with Crippen molar-refractivity contribution in [1.82, 2.24) is 29.1 Å². The number of hydrogen-bond donors (Lipinski definition) is 0. The van der Waals surface area contributed by atoms with Crippen LogP contribution in [0.4, 0.5) is 0 Å². The van der Waals surface area contributed by atoms with E-state index in [0.29, 0.717) is 11.3 Å². The lowest BCUT2D eigenvalue weighted by Gasteiger charge is -1.97. The van der Waals surface area contributed by atoms with E-state index < -0.39 is 0 Å². The highest BCUT2D eigenvalue weighted by Gasteiger charge is 2.13. The molecule has 3 heterocycles. The van der Waals surface area contributed by atoms with E-state index in [1.807, 2.05) is 37.1 Å². The molecule has 0 radical (unpaired) electrons. The van der Waals surface area contributed by atoms with Crippen molar-refractivity contribution in [3.8, 4) is 0 Å². The van der Waals surface area contributed by atoms with Gasteiger partial charge in [-0.1, -0.05) is 0 Å². The third kappa shape index (κ3) is 1.01. The normalized spacial score (nSPS) is 11.8. The number of hydrogen-bond acceptors (Lipinski definition) is 4. The lowest BCUT2D eigenvalue weighted by Crippen LogP contribution is -1.96. The van der Waals surface area contributed by atoms with Crippen LogP contribution < -0.4 is 0 Å². The standard InChI is InChI=1S/C10H12N6/c1-5-11-7-9(15(5)3)14-10-8(13-7)12-6(2)16(10)4/h1-4H3. The van der Waals surface area contributed by atoms with E-state index in [9.17, 15) is 0 Å². The van der Waals surface area contributed by atoms with Crippen LogP contribution in [-0.4, -0.2) is 29.1 Å². The summed E-state index contributed by atoms with van der Waals surface area (Å²) in [6.07, 6.45) is 0. The van der Waals surface area contributed by atoms with Gasteiger partial charge < -0.3 is 9.13 Å². The van der Waals surface area contributed by atoms with Crippen LogP contribution in [0, 0.1) is 13.8 Å². The van der Waals surface area contributed by atoms with Gasteiger partial charge in [0, 0.05) is 14.1 Å². The maximum absolute atomic E-state index is 4.56. The van der Waals surface area contributed by atoms with Crippen molar-refractivity contribution in [2.75, 3.05) is 0 Å². The smallest absolute Gasteiger partial charge is 0.199 e. The quantitative estimate of drug-likeness (QED) is 0.559. The van der Waals surface area contributed by atoms with Gasteiger partial charge in [0.05, 0.1) is 0 Å². The first kappa shape index (κ1) is 9.26. The maximum Gasteiger partial charge on any atom is 0.199 e. The lowest BCUT2D eigenvalue weighted by molar-refractivity contribution is 0.858. The molecule has 0 amide bonds. The Kier molecular flexibility index (Phi) is 1.61. The second-order valence-corrected chi connectivity index (χ2v) is 3.95. The molecule has 3 rings (SSSR count). The van der Waals surface area contributed by atoms with Gasteiger partial charge in [-0.15, -0.1) is 0 Å². The van der Waals surface area contributed by atoms with Gasteiger partial charge in [0.2, 0.25) is 0 Å². The van der Waals surface area contributed by atoms with Crippen LogP contribution in [0.1, 0.15) is 11.6 Å². The highest BCUT2D eigenvalue weighted by Crippen LogP contribution is 2.16. The molecular weight excluding hydrogens is 204 g/mol. The zero-order chi connectivity index (χ0) is 11.4. The minimum absolute atomic E-state index is 0.658. The molecule has 0 saturated heterocycles. The Morgan fingerprint density at radius 2 is 1.12 bits per heavy atom. The number of fused-ring (bicyclic) bond motifs is 2. The molecule has 0 aliphatic carbocycles. The van der Waals surface area contributed by atoms with Crippen LogP contribution in [0.2, 0.25) is 0 Å². The lowest BCUT2D eigenvalue weighted by atomic mass is 10.6. The van der Waals surface area contributed by atoms with E-state index in [1.165, 1.54) is 0 Å². The first-order valence-electron chi connectivity index (χ1n) is 5.08. The van der Waals surface area contributed by atoms with Crippen LogP contribution in [-0.2, 0) is 14.1 Å². The van der Waals surface area contributed by atoms with Crippen molar-refractivity contribution in [3.63, 3.8) is 0 Å². The van der Waals surface area contributed by atoms with Crippen LogP contribution in [0.3, 0.4) is 0 Å². The number of imidazole rings is 2. The SMILES string of the molecule is Cc1nc2nc3nc(C)n(C)c3nc2n1C. The van der Waals surface area contributed by atoms with Crippen LogP contribution in [0.5, 0.6) is 0 Å². The molecule has 0 unspecified atom stereocenters. The first-order chi connectivity index (χ1) is 7.58. The number of rotatable bonds is 0. The largest absolute Gasteiger partial charge is 0.315 e. The van der Waals surface area contributed by atoms with Gasteiger partial charge >= 0.3 is 0 Å². The van der Waals surface area contributed by atoms with Crippen molar-refractivity contribution in [2.45, 2.75) is 13.8 Å². The fraction of sp³-hybridized carbons (Fsp3) is 0.400. The third-order valence-electron chi connectivity index (χ3n) is 2.97. The number of nitrogens with zero attached hydrogens (tertiary/aromatic N) is 6. The molecule has 0 aromatic carbocycles. The third-order valence-corrected chi connectivity index (χ3v) is 2.97. The molecular formula is C10H12N6. The van der Waals surface area contributed by atoms with Crippen molar-refractivity contribution < 1.29 is 0 Å². The summed E-state index contributed by atoms with van der Waals surface area (Å²) < 4.78 is 3.87. The zero-order valence-corrected chi connectivity index (χ0v) is 9.68. The fourth-order valence-corrected chi connectivity index (χ4v) is 1.76. The van der Waals surface area contributed by atoms with Gasteiger partial charge in [0.15, 0.2) is 22.6 Å². The predicted molar refractivity (Wildman–Crippen MR) is 60.1 cm³/mol. The van der Waals surface area contributed by atoms with Crippen molar-refractivity contribution >= 4 is 22.6 Å². The Bertz CT molecular complexity index is 647. The highest BCUT2D eigenvalue weighted by atomic mass is 15.2. The molecule has 6 nitrogen and oxygen atoms in total. The summed E-state index contributed by atoms with van der Waals surface area (Å²) in [5.41, 5.74) is 2.91. The Balaban J connectivity index is 2.53. The summed E-state index contributed by atoms with van der Waals surface area (Å²) >= 11 is 0. The molecule has 0 atom stereocenters. The predicted octanol–water partition coefficient (Wildman–Crippen LogP) is 0.867. The monoisotopic (exact) mass is 216 g/mol. The molecule has 3 aromatic rings. The Labute approximate surface area is 92.0 Å². The Morgan fingerprint density at radius 3 is 1.56 bits per heavy atom. The molecule has 0 spiro atoms. The van der Waals surface area contributed by atoms with Gasteiger partial charge in [-0.05, 0) is 13.8 Å². The van der Waals surface area contributed by atoms with Gasteiger partial charge in [-0.2, -0.15) is 0 Å². The average Bonchev–Trinajstić information content (AvgIpc) is 2.66. The number of aromatic nitrogens is 6. The van der Waals surface area contributed by atoms with Gasteiger partial charge in [-0.3, -0.25) is 0 Å². The minimum Gasteiger partial charge on any atom is -0.315 e. The summed E-state index contributed by atoms with van der Waals surface area (Å²) in [4.78, 5) is 17.7. The fourth-order valence-electron chi connectivity index (χ4n) is 1.76. The second-order valence-electron chi connectivity index (χ2n) is 3.95. The van der Waals surface area contributed by atoms with Crippen LogP contribution in [0.25, 0.3) is 22.6 Å². The highest BCUT2D eigenvalue weighted by molar-refractivity contribution is 5.78. The van der Waals surface area contributed by atoms with E-state index in [2.05, 4.69) is 19.9 Å². The second kappa shape index (κ2) is 2.78. The van der Waals surface area contributed by atoms with Crippen molar-refractivity contribution in [3.05, 3.63) is 11.6 Å². The Morgan fingerprint density at radius 1 is 0.688 bits per heavy atom. The van der Waals surface area contributed by atoms with Gasteiger partial charge in [-0.25, -0.2) is 19.9 Å². The molecule has 3 aromatic heterocycles. The molecule has 6 heteroatoms. The first-order valence-corrected chi connectivity index (χ1v) is 5.08. The van der Waals surface area contributed by atoms with Gasteiger partial charge in [0.1, 0.15) is 11.6 Å². The Hall–Kier alpha value is -1.98. The molecule has 16 heavy (non-hydrogen) atoms. The molecule has 0 fully saturated rings. The molecule has 82 valence electrons. The van der Waals surface area contributed by atoms with Crippen LogP contribution >= 0.6 is 0 Å². The van der Waals surface area contributed by atoms with Gasteiger partial charge in [0.25, 0.3) is 0 Å². The summed E-state index contributed by atoms with van der Waals surface area (Å²) in [6, 6.07) is 0. The summed E-state index contributed by atoms with van der Waals surface area (Å²) in [7, 11) is 3.88. The summed E-state index contributed by atoms with van der Waals surface area (Å²) in [5.74, 6) is 1.81. The van der Waals surface area contributed by atoms with Crippen LogP contribution in [0.15, 0.2) is 0 Å². The van der Waals surface area contributed by atoms with Crippen molar-refractivity contribution in [2.24, 2.45) is 14.1 Å². The van der Waals surface area contributed by atoms with E-state index >= 15 is 0 Å². The molecule has 0 saturated carbocycles. The molecule has 0 bridgehead atoms. The van der Waals surface area contributed by atoms with E-state index in [1.54, 1.807) is 0 Å². The summed E-state index contributed by atoms with van der Waals surface area (Å²) in [6.45, 7) is 3.87.